The van der Waals surface area contributed by atoms with E-state index in [1.54, 1.807) is 25.3 Å². The number of halogens is 1. The monoisotopic (exact) mass is 288 g/mol. The lowest BCUT2D eigenvalue weighted by atomic mass is 10.0. The number of hydrogen-bond donors (Lipinski definition) is 1. The Morgan fingerprint density at radius 1 is 1.50 bits per heavy atom. The first kappa shape index (κ1) is 13.0. The lowest BCUT2D eigenvalue weighted by Crippen LogP contribution is -2.16. The molecule has 0 saturated heterocycles. The minimum atomic E-state index is -0.904. The van der Waals surface area contributed by atoms with Crippen LogP contribution in [0.25, 0.3) is 0 Å². The van der Waals surface area contributed by atoms with Gasteiger partial charge in [0.15, 0.2) is 0 Å². The van der Waals surface area contributed by atoms with E-state index in [0.29, 0.717) is 11.3 Å². The molecule has 1 aromatic rings. The molecule has 16 heavy (non-hydrogen) atoms. The Morgan fingerprint density at radius 2 is 2.19 bits per heavy atom. The Hall–Kier alpha value is -1.07. The van der Waals surface area contributed by atoms with Crippen molar-refractivity contribution in [3.8, 4) is 5.75 Å². The maximum Gasteiger partial charge on any atom is 0.313 e. The topological polar surface area (TPSA) is 55.8 Å². The van der Waals surface area contributed by atoms with Crippen molar-refractivity contribution < 1.29 is 19.4 Å². The number of ether oxygens (including phenoxy) is 2. The summed E-state index contributed by atoms with van der Waals surface area (Å²) in [6.07, 6.45) is 0. The third kappa shape index (κ3) is 2.96. The standard InChI is InChI=1S/C11H13BrO4/c1-15-6-8(11(13)14)7-3-4-10(16-2)9(12)5-7/h3-5,8H,6H2,1-2H3,(H,13,14). The quantitative estimate of drug-likeness (QED) is 0.903. The Labute approximate surface area is 102 Å². The molecule has 0 saturated carbocycles. The van der Waals surface area contributed by atoms with Crippen molar-refractivity contribution in [3.63, 3.8) is 0 Å². The Bertz CT molecular complexity index is 378. The lowest BCUT2D eigenvalue weighted by Gasteiger charge is -2.13. The normalized spacial score (nSPS) is 12.2. The van der Waals surface area contributed by atoms with Crippen molar-refractivity contribution in [2.24, 2.45) is 0 Å². The van der Waals surface area contributed by atoms with Crippen LogP contribution < -0.4 is 4.74 Å². The number of carbonyl (C=O) groups is 1. The minimum Gasteiger partial charge on any atom is -0.496 e. The van der Waals surface area contributed by atoms with Crippen LogP contribution in [0.4, 0.5) is 0 Å². The molecule has 0 aliphatic carbocycles. The first-order valence-corrected chi connectivity index (χ1v) is 5.44. The number of hydrogen-bond acceptors (Lipinski definition) is 3. The Morgan fingerprint density at radius 3 is 2.62 bits per heavy atom. The van der Waals surface area contributed by atoms with Crippen molar-refractivity contribution in [1.29, 1.82) is 0 Å². The van der Waals surface area contributed by atoms with E-state index in [-0.39, 0.29) is 6.61 Å². The van der Waals surface area contributed by atoms with Gasteiger partial charge in [0.1, 0.15) is 11.7 Å². The smallest absolute Gasteiger partial charge is 0.313 e. The molecule has 0 aliphatic rings. The molecule has 88 valence electrons. The van der Waals surface area contributed by atoms with Gasteiger partial charge in [-0.15, -0.1) is 0 Å². The molecule has 1 N–H and O–H groups in total. The van der Waals surface area contributed by atoms with Gasteiger partial charge in [-0.1, -0.05) is 6.07 Å². The molecule has 1 unspecified atom stereocenters. The summed E-state index contributed by atoms with van der Waals surface area (Å²) in [5, 5.41) is 9.05. The zero-order valence-corrected chi connectivity index (χ0v) is 10.7. The molecule has 0 amide bonds. The van der Waals surface area contributed by atoms with E-state index in [1.807, 2.05) is 0 Å². The van der Waals surface area contributed by atoms with E-state index in [4.69, 9.17) is 14.6 Å². The van der Waals surface area contributed by atoms with E-state index >= 15 is 0 Å². The first-order chi connectivity index (χ1) is 7.60. The largest absolute Gasteiger partial charge is 0.496 e. The highest BCUT2D eigenvalue weighted by atomic mass is 79.9. The second-order valence-corrected chi connectivity index (χ2v) is 4.09. The van der Waals surface area contributed by atoms with Crippen LogP contribution in [0.15, 0.2) is 22.7 Å². The van der Waals surface area contributed by atoms with Crippen molar-refractivity contribution in [2.75, 3.05) is 20.8 Å². The van der Waals surface area contributed by atoms with Crippen LogP contribution in [0, 0.1) is 0 Å². The van der Waals surface area contributed by atoms with E-state index in [0.717, 1.165) is 4.47 Å². The lowest BCUT2D eigenvalue weighted by molar-refractivity contribution is -0.140. The summed E-state index contributed by atoms with van der Waals surface area (Å²) < 4.78 is 10.7. The van der Waals surface area contributed by atoms with Gasteiger partial charge in [0.05, 0.1) is 18.2 Å². The number of methoxy groups -OCH3 is 2. The molecule has 0 aliphatic heterocycles. The van der Waals surface area contributed by atoms with Crippen LogP contribution in [0.3, 0.4) is 0 Å². The van der Waals surface area contributed by atoms with E-state index < -0.39 is 11.9 Å². The molecular formula is C11H13BrO4. The van der Waals surface area contributed by atoms with Gasteiger partial charge in [0.2, 0.25) is 0 Å². The summed E-state index contributed by atoms with van der Waals surface area (Å²) in [7, 11) is 3.04. The molecule has 0 bridgehead atoms. The summed E-state index contributed by atoms with van der Waals surface area (Å²) in [6, 6.07) is 5.18. The fourth-order valence-corrected chi connectivity index (χ4v) is 1.93. The third-order valence-corrected chi connectivity index (χ3v) is 2.83. The van der Waals surface area contributed by atoms with Crippen molar-refractivity contribution >= 4 is 21.9 Å². The molecule has 5 heteroatoms. The van der Waals surface area contributed by atoms with E-state index in [1.165, 1.54) is 7.11 Å². The molecular weight excluding hydrogens is 276 g/mol. The van der Waals surface area contributed by atoms with Gasteiger partial charge in [-0.3, -0.25) is 4.79 Å². The van der Waals surface area contributed by atoms with Crippen LogP contribution in [0.1, 0.15) is 11.5 Å². The van der Waals surface area contributed by atoms with Crippen LogP contribution in [-0.4, -0.2) is 31.9 Å². The summed E-state index contributed by atoms with van der Waals surface area (Å²) in [4.78, 5) is 11.0. The average Bonchev–Trinajstić information content (AvgIpc) is 2.25. The minimum absolute atomic E-state index is 0.147. The zero-order valence-electron chi connectivity index (χ0n) is 9.07. The Balaban J connectivity index is 3.01. The van der Waals surface area contributed by atoms with Crippen LogP contribution in [-0.2, 0) is 9.53 Å². The SMILES string of the molecule is COCC(C(=O)O)c1ccc(OC)c(Br)c1. The van der Waals surface area contributed by atoms with Gasteiger partial charge >= 0.3 is 5.97 Å². The van der Waals surface area contributed by atoms with Gasteiger partial charge in [-0.05, 0) is 33.6 Å². The predicted molar refractivity (Wildman–Crippen MR) is 62.9 cm³/mol. The van der Waals surface area contributed by atoms with Gasteiger partial charge in [-0.25, -0.2) is 0 Å². The van der Waals surface area contributed by atoms with Gasteiger partial charge < -0.3 is 14.6 Å². The molecule has 0 heterocycles. The molecule has 0 spiro atoms. The fraction of sp³-hybridized carbons (Fsp3) is 0.364. The number of rotatable bonds is 5. The van der Waals surface area contributed by atoms with Gasteiger partial charge in [0, 0.05) is 7.11 Å². The fourth-order valence-electron chi connectivity index (χ4n) is 1.38. The second kappa shape index (κ2) is 5.86. The highest BCUT2D eigenvalue weighted by Gasteiger charge is 2.20. The molecule has 0 aromatic heterocycles. The highest BCUT2D eigenvalue weighted by Crippen LogP contribution is 2.29. The molecule has 4 nitrogen and oxygen atoms in total. The highest BCUT2D eigenvalue weighted by molar-refractivity contribution is 9.10. The van der Waals surface area contributed by atoms with Crippen LogP contribution in [0.5, 0.6) is 5.75 Å². The number of carboxylic acids is 1. The summed E-state index contributed by atoms with van der Waals surface area (Å²) in [6.45, 7) is 0.147. The van der Waals surface area contributed by atoms with Crippen LogP contribution in [0.2, 0.25) is 0 Å². The van der Waals surface area contributed by atoms with E-state index in [9.17, 15) is 4.79 Å². The molecule has 0 radical (unpaired) electrons. The van der Waals surface area contributed by atoms with Gasteiger partial charge in [-0.2, -0.15) is 0 Å². The number of aliphatic carboxylic acids is 1. The van der Waals surface area contributed by atoms with Crippen molar-refractivity contribution in [2.45, 2.75) is 5.92 Å². The first-order valence-electron chi connectivity index (χ1n) is 4.65. The molecule has 0 fully saturated rings. The third-order valence-electron chi connectivity index (χ3n) is 2.21. The molecule has 1 atom stereocenters. The van der Waals surface area contributed by atoms with Crippen LogP contribution >= 0.6 is 15.9 Å². The van der Waals surface area contributed by atoms with Crippen molar-refractivity contribution in [1.82, 2.24) is 0 Å². The summed E-state index contributed by atoms with van der Waals surface area (Å²) in [5.74, 6) is -0.892. The zero-order chi connectivity index (χ0) is 12.1. The maximum absolute atomic E-state index is 11.0. The summed E-state index contributed by atoms with van der Waals surface area (Å²) in [5.41, 5.74) is 0.682. The van der Waals surface area contributed by atoms with Crippen molar-refractivity contribution in [3.05, 3.63) is 28.2 Å². The van der Waals surface area contributed by atoms with E-state index in [2.05, 4.69) is 15.9 Å². The van der Waals surface area contributed by atoms with Gasteiger partial charge in [0.25, 0.3) is 0 Å². The summed E-state index contributed by atoms with van der Waals surface area (Å²) >= 11 is 3.32. The molecule has 1 aromatic carbocycles. The Kier molecular flexibility index (Phi) is 4.76. The molecule has 1 rings (SSSR count). The maximum atomic E-state index is 11.0. The second-order valence-electron chi connectivity index (χ2n) is 3.24. The number of carboxylic acid groups (broad SMARTS) is 1. The predicted octanol–water partition coefficient (Wildman–Crippen LogP) is 2.27. The number of benzene rings is 1. The average molecular weight is 289 g/mol.